The predicted molar refractivity (Wildman–Crippen MR) is 83.8 cm³/mol. The van der Waals surface area contributed by atoms with Crippen molar-refractivity contribution in [1.82, 2.24) is 0 Å². The van der Waals surface area contributed by atoms with Gasteiger partial charge in [-0.2, -0.15) is 0 Å². The average Bonchev–Trinajstić information content (AvgIpc) is 3.23. The number of benzene rings is 1. The molecule has 0 atom stereocenters. The number of carbonyl (C=O) groups excluding carboxylic acids is 1. The molecule has 0 radical (unpaired) electrons. The number of methoxy groups -OCH3 is 2. The molecule has 0 unspecified atom stereocenters. The summed E-state index contributed by atoms with van der Waals surface area (Å²) in [6, 6.07) is 7.40. The molecule has 1 aliphatic rings. The predicted octanol–water partition coefficient (Wildman–Crippen LogP) is 3.90. The van der Waals surface area contributed by atoms with Crippen molar-refractivity contribution >= 4 is 22.9 Å². The molecule has 0 saturated heterocycles. The van der Waals surface area contributed by atoms with E-state index >= 15 is 0 Å². The Kier molecular flexibility index (Phi) is 3.84. The minimum atomic E-state index is -0.0674. The molecule has 1 aliphatic carbocycles. The molecular weight excluding hydrogens is 286 g/mol. The normalized spacial score (nSPS) is 13.8. The zero-order valence-electron chi connectivity index (χ0n) is 12.0. The summed E-state index contributed by atoms with van der Waals surface area (Å²) < 4.78 is 10.4. The van der Waals surface area contributed by atoms with Crippen LogP contribution in [0, 0.1) is 0 Å². The van der Waals surface area contributed by atoms with Gasteiger partial charge in [0.2, 0.25) is 0 Å². The van der Waals surface area contributed by atoms with Crippen LogP contribution in [0.4, 0.5) is 5.69 Å². The first-order valence-corrected chi connectivity index (χ1v) is 7.71. The summed E-state index contributed by atoms with van der Waals surface area (Å²) in [7, 11) is 3.18. The number of ether oxygens (including phenoxy) is 2. The second-order valence-electron chi connectivity index (χ2n) is 5.03. The third kappa shape index (κ3) is 3.03. The molecule has 1 saturated carbocycles. The number of hydrogen-bond donors (Lipinski definition) is 1. The smallest absolute Gasteiger partial charge is 0.266 e. The summed E-state index contributed by atoms with van der Waals surface area (Å²) in [4.78, 5) is 13.3. The number of nitrogens with one attached hydrogen (secondary N) is 1. The summed E-state index contributed by atoms with van der Waals surface area (Å²) in [5.74, 6) is 1.80. The van der Waals surface area contributed by atoms with E-state index in [2.05, 4.69) is 11.4 Å². The molecule has 21 heavy (non-hydrogen) atoms. The molecule has 5 heteroatoms. The van der Waals surface area contributed by atoms with Crippen molar-refractivity contribution in [2.24, 2.45) is 0 Å². The van der Waals surface area contributed by atoms with Crippen molar-refractivity contribution in [2.75, 3.05) is 19.5 Å². The molecule has 2 aromatic rings. The number of carbonyl (C=O) groups is 1. The lowest BCUT2D eigenvalue weighted by Crippen LogP contribution is -2.12. The lowest BCUT2D eigenvalue weighted by Gasteiger charge is -2.10. The fraction of sp³-hybridized carbons (Fsp3) is 0.312. The van der Waals surface area contributed by atoms with Crippen molar-refractivity contribution in [2.45, 2.75) is 18.8 Å². The Bertz CT molecular complexity index is 639. The van der Waals surface area contributed by atoms with Gasteiger partial charge in [0, 0.05) is 23.9 Å². The van der Waals surface area contributed by atoms with Gasteiger partial charge in [0.1, 0.15) is 11.5 Å². The molecular formula is C16H17NO3S. The number of anilines is 1. The molecule has 1 aromatic heterocycles. The lowest BCUT2D eigenvalue weighted by molar-refractivity contribution is 0.102. The summed E-state index contributed by atoms with van der Waals surface area (Å²) in [5, 5.41) is 4.91. The fourth-order valence-corrected chi connectivity index (χ4v) is 3.17. The van der Waals surface area contributed by atoms with E-state index in [-0.39, 0.29) is 5.91 Å². The zero-order valence-corrected chi connectivity index (χ0v) is 12.8. The van der Waals surface area contributed by atoms with Gasteiger partial charge in [0.15, 0.2) is 0 Å². The molecule has 1 aromatic carbocycles. The maximum Gasteiger partial charge on any atom is 0.266 e. The van der Waals surface area contributed by atoms with Crippen molar-refractivity contribution in [3.8, 4) is 11.5 Å². The summed E-state index contributed by atoms with van der Waals surface area (Å²) in [6.45, 7) is 0. The van der Waals surface area contributed by atoms with E-state index in [4.69, 9.17) is 9.47 Å². The Morgan fingerprint density at radius 2 is 1.86 bits per heavy atom. The molecule has 0 bridgehead atoms. The molecule has 1 heterocycles. The van der Waals surface area contributed by atoms with E-state index in [1.165, 1.54) is 29.7 Å². The summed E-state index contributed by atoms with van der Waals surface area (Å²) >= 11 is 1.49. The van der Waals surface area contributed by atoms with Gasteiger partial charge >= 0.3 is 0 Å². The van der Waals surface area contributed by atoms with E-state index in [1.807, 2.05) is 5.38 Å². The maximum atomic E-state index is 12.4. The number of amides is 1. The molecule has 1 fully saturated rings. The van der Waals surface area contributed by atoms with Crippen LogP contribution in [0.25, 0.3) is 0 Å². The molecule has 4 nitrogen and oxygen atoms in total. The molecule has 1 N–H and O–H groups in total. The van der Waals surface area contributed by atoms with Gasteiger partial charge in [-0.15, -0.1) is 11.3 Å². The van der Waals surface area contributed by atoms with Crippen LogP contribution in [-0.2, 0) is 0 Å². The van der Waals surface area contributed by atoms with Gasteiger partial charge in [-0.05, 0) is 35.8 Å². The van der Waals surface area contributed by atoms with Crippen LogP contribution in [-0.4, -0.2) is 20.1 Å². The van der Waals surface area contributed by atoms with E-state index in [0.717, 1.165) is 4.88 Å². The highest BCUT2D eigenvalue weighted by atomic mass is 32.1. The second kappa shape index (κ2) is 5.77. The Labute approximate surface area is 127 Å². The molecule has 0 spiro atoms. The van der Waals surface area contributed by atoms with E-state index in [9.17, 15) is 4.79 Å². The van der Waals surface area contributed by atoms with Gasteiger partial charge in [0.05, 0.1) is 19.1 Å². The fourth-order valence-electron chi connectivity index (χ4n) is 2.29. The van der Waals surface area contributed by atoms with Crippen LogP contribution in [0.5, 0.6) is 11.5 Å². The van der Waals surface area contributed by atoms with Gasteiger partial charge in [-0.3, -0.25) is 4.79 Å². The average molecular weight is 303 g/mol. The Hall–Kier alpha value is -2.01. The largest absolute Gasteiger partial charge is 0.497 e. The van der Waals surface area contributed by atoms with Crippen LogP contribution >= 0.6 is 11.3 Å². The van der Waals surface area contributed by atoms with Crippen molar-refractivity contribution in [3.05, 3.63) is 40.1 Å². The van der Waals surface area contributed by atoms with Crippen molar-refractivity contribution < 1.29 is 14.3 Å². The number of rotatable bonds is 5. The Morgan fingerprint density at radius 1 is 1.19 bits per heavy atom. The molecule has 3 rings (SSSR count). The molecule has 1 amide bonds. The Balaban J connectivity index is 1.82. The highest BCUT2D eigenvalue weighted by molar-refractivity contribution is 7.12. The van der Waals surface area contributed by atoms with Gasteiger partial charge in [-0.1, -0.05) is 0 Å². The van der Waals surface area contributed by atoms with Gasteiger partial charge < -0.3 is 14.8 Å². The lowest BCUT2D eigenvalue weighted by atomic mass is 10.1. The highest BCUT2D eigenvalue weighted by Crippen LogP contribution is 2.43. The van der Waals surface area contributed by atoms with Crippen molar-refractivity contribution in [1.29, 1.82) is 0 Å². The Morgan fingerprint density at radius 3 is 2.43 bits per heavy atom. The number of hydrogen-bond acceptors (Lipinski definition) is 4. The summed E-state index contributed by atoms with van der Waals surface area (Å²) in [5.41, 5.74) is 1.85. The first-order chi connectivity index (χ1) is 10.2. The van der Waals surface area contributed by atoms with E-state index < -0.39 is 0 Å². The summed E-state index contributed by atoms with van der Waals surface area (Å²) in [6.07, 6.45) is 2.37. The third-order valence-electron chi connectivity index (χ3n) is 3.53. The first kappa shape index (κ1) is 13.9. The van der Waals surface area contributed by atoms with Crippen LogP contribution in [0.15, 0.2) is 29.6 Å². The minimum Gasteiger partial charge on any atom is -0.497 e. The van der Waals surface area contributed by atoms with Crippen LogP contribution < -0.4 is 14.8 Å². The zero-order chi connectivity index (χ0) is 14.8. The van der Waals surface area contributed by atoms with Crippen LogP contribution in [0.3, 0.4) is 0 Å². The topological polar surface area (TPSA) is 47.6 Å². The monoisotopic (exact) mass is 303 g/mol. The SMILES string of the molecule is COc1cc(NC(=O)c2sccc2C2CC2)cc(OC)c1. The van der Waals surface area contributed by atoms with Gasteiger partial charge in [-0.25, -0.2) is 0 Å². The van der Waals surface area contributed by atoms with Crippen LogP contribution in [0.1, 0.15) is 34.0 Å². The maximum absolute atomic E-state index is 12.4. The van der Waals surface area contributed by atoms with Crippen LogP contribution in [0.2, 0.25) is 0 Å². The second-order valence-corrected chi connectivity index (χ2v) is 5.95. The van der Waals surface area contributed by atoms with Crippen molar-refractivity contribution in [3.63, 3.8) is 0 Å². The molecule has 110 valence electrons. The minimum absolute atomic E-state index is 0.0674. The van der Waals surface area contributed by atoms with E-state index in [1.54, 1.807) is 32.4 Å². The standard InChI is InChI=1S/C16H17NO3S/c1-19-12-7-11(8-13(9-12)20-2)17-16(18)15-14(5-6-21-15)10-3-4-10/h5-10H,3-4H2,1-2H3,(H,17,18). The molecule has 0 aliphatic heterocycles. The highest BCUT2D eigenvalue weighted by Gasteiger charge is 2.28. The van der Waals surface area contributed by atoms with E-state index in [0.29, 0.717) is 23.1 Å². The van der Waals surface area contributed by atoms with Gasteiger partial charge in [0.25, 0.3) is 5.91 Å². The third-order valence-corrected chi connectivity index (χ3v) is 4.46. The number of thiophene rings is 1. The first-order valence-electron chi connectivity index (χ1n) is 6.83. The quantitative estimate of drug-likeness (QED) is 0.911.